The number of carbonyl (C=O) groups excluding carboxylic acids is 1. The fourth-order valence-electron chi connectivity index (χ4n) is 3.13. The summed E-state index contributed by atoms with van der Waals surface area (Å²) in [6.07, 6.45) is 1.20. The number of hydrogen-bond acceptors (Lipinski definition) is 5. The van der Waals surface area contributed by atoms with Gasteiger partial charge >= 0.3 is 13.7 Å². The first-order valence-corrected chi connectivity index (χ1v) is 12.6. The van der Waals surface area contributed by atoms with E-state index in [2.05, 4.69) is 11.1 Å². The van der Waals surface area contributed by atoms with Crippen LogP contribution in [-0.2, 0) is 15.9 Å². The van der Waals surface area contributed by atoms with Gasteiger partial charge in [-0.25, -0.2) is 9.36 Å². The molecule has 0 aliphatic heterocycles. The Morgan fingerprint density at radius 3 is 1.82 bits per heavy atom. The van der Waals surface area contributed by atoms with Crippen molar-refractivity contribution in [2.24, 2.45) is 0 Å². The van der Waals surface area contributed by atoms with Crippen LogP contribution in [0.15, 0.2) is 91.0 Å². The van der Waals surface area contributed by atoms with Crippen molar-refractivity contribution in [3.8, 4) is 11.5 Å². The Morgan fingerprint density at radius 2 is 1.32 bits per heavy atom. The van der Waals surface area contributed by atoms with Gasteiger partial charge in [-0.3, -0.25) is 0 Å². The fraction of sp³-hybridized carbons (Fsp3) is 0.240. The van der Waals surface area contributed by atoms with Gasteiger partial charge in [0.2, 0.25) is 0 Å². The van der Waals surface area contributed by atoms with Gasteiger partial charge in [0.25, 0.3) is 0 Å². The minimum absolute atomic E-state index is 0. The molecule has 3 aromatic rings. The summed E-state index contributed by atoms with van der Waals surface area (Å²) in [7, 11) is -3.90. The number of unbranched alkanes of at least 4 members (excludes halogenated alkanes) is 1. The third kappa shape index (κ3) is 8.75. The molecule has 3 rings (SSSR count). The molecule has 1 unspecified atom stereocenters. The monoisotopic (exact) mass is 504 g/mol. The van der Waals surface area contributed by atoms with Crippen LogP contribution in [0.2, 0.25) is 0 Å². The second-order valence-electron chi connectivity index (χ2n) is 7.42. The van der Waals surface area contributed by atoms with Gasteiger partial charge < -0.3 is 37.2 Å². The van der Waals surface area contributed by atoms with Crippen molar-refractivity contribution in [1.29, 1.82) is 0 Å². The maximum atomic E-state index is 14.1. The molecule has 7 nitrogen and oxygen atoms in total. The SMILES string of the molecule is [Cl-].[NH3+]CCCCC(NC(=O)OCc1ccccc1)P(=O)(Oc1ccccc1)Oc1ccccc1. The van der Waals surface area contributed by atoms with E-state index in [0.29, 0.717) is 24.3 Å². The third-order valence-corrected chi connectivity index (χ3v) is 6.89. The highest BCUT2D eigenvalue weighted by Gasteiger charge is 2.40. The van der Waals surface area contributed by atoms with Crippen molar-refractivity contribution < 1.29 is 41.3 Å². The molecule has 0 fully saturated rings. The summed E-state index contributed by atoms with van der Waals surface area (Å²) in [5.74, 6) is -0.135. The molecule has 1 amide bonds. The lowest BCUT2D eigenvalue weighted by atomic mass is 10.2. The second kappa shape index (κ2) is 14.3. The number of alkyl carbamates (subject to hydrolysis) is 1. The molecule has 34 heavy (non-hydrogen) atoms. The van der Waals surface area contributed by atoms with Crippen molar-refractivity contribution in [2.75, 3.05) is 6.54 Å². The largest absolute Gasteiger partial charge is 1.00 e. The number of para-hydroxylation sites is 2. The van der Waals surface area contributed by atoms with Crippen LogP contribution >= 0.6 is 7.60 Å². The van der Waals surface area contributed by atoms with Crippen molar-refractivity contribution >= 4 is 13.7 Å². The van der Waals surface area contributed by atoms with Crippen molar-refractivity contribution in [3.05, 3.63) is 96.6 Å². The first kappa shape index (κ1) is 27.3. The van der Waals surface area contributed by atoms with Crippen LogP contribution in [0.4, 0.5) is 4.79 Å². The molecule has 9 heteroatoms. The van der Waals surface area contributed by atoms with Crippen LogP contribution in [-0.4, -0.2) is 18.4 Å². The standard InChI is InChI=1S/C25H29N2O5P.ClH/c26-19-11-10-18-24(27-25(28)30-20-21-12-4-1-5-13-21)33(29,31-22-14-6-2-7-15-22)32-23-16-8-3-9-17-23;/h1-9,12-17,24H,10-11,18-20,26H2,(H,27,28);1H. The molecule has 182 valence electrons. The first-order chi connectivity index (χ1) is 16.1. The maximum absolute atomic E-state index is 14.1. The quantitative estimate of drug-likeness (QED) is 0.290. The maximum Gasteiger partial charge on any atom is 0.453 e. The van der Waals surface area contributed by atoms with Gasteiger partial charge in [0, 0.05) is 0 Å². The molecule has 4 N–H and O–H groups in total. The van der Waals surface area contributed by atoms with Crippen LogP contribution in [0.5, 0.6) is 11.5 Å². The molecule has 0 saturated carbocycles. The van der Waals surface area contributed by atoms with Crippen molar-refractivity contribution in [2.45, 2.75) is 31.7 Å². The Morgan fingerprint density at radius 1 is 0.824 bits per heavy atom. The van der Waals surface area contributed by atoms with Crippen LogP contribution in [0, 0.1) is 0 Å². The lowest BCUT2D eigenvalue weighted by molar-refractivity contribution is -0.368. The fourth-order valence-corrected chi connectivity index (χ4v) is 5.01. The Labute approximate surface area is 206 Å². The Bertz CT molecular complexity index is 980. The summed E-state index contributed by atoms with van der Waals surface area (Å²) in [4.78, 5) is 12.6. The molecule has 0 aliphatic rings. The van der Waals surface area contributed by atoms with Crippen LogP contribution < -0.4 is 32.5 Å². The number of nitrogens with one attached hydrogen (secondary N) is 1. The van der Waals surface area contributed by atoms with Crippen molar-refractivity contribution in [3.63, 3.8) is 0 Å². The molecule has 0 saturated heterocycles. The third-order valence-electron chi connectivity index (χ3n) is 4.81. The highest BCUT2D eigenvalue weighted by Crippen LogP contribution is 2.53. The highest BCUT2D eigenvalue weighted by atomic mass is 35.5. The van der Waals surface area contributed by atoms with Gasteiger partial charge in [-0.2, -0.15) is 0 Å². The van der Waals surface area contributed by atoms with Gasteiger partial charge in [-0.05, 0) is 49.1 Å². The molecule has 0 radical (unpaired) electrons. The lowest BCUT2D eigenvalue weighted by Gasteiger charge is -2.28. The van der Waals surface area contributed by atoms with E-state index in [1.807, 2.05) is 42.5 Å². The van der Waals surface area contributed by atoms with Crippen LogP contribution in [0.1, 0.15) is 24.8 Å². The summed E-state index contributed by atoms with van der Waals surface area (Å²) < 4.78 is 31.3. The minimum atomic E-state index is -3.90. The predicted octanol–water partition coefficient (Wildman–Crippen LogP) is 2.01. The summed E-state index contributed by atoms with van der Waals surface area (Å²) in [6.45, 7) is 0.830. The van der Waals surface area contributed by atoms with E-state index in [1.54, 1.807) is 48.5 Å². The highest BCUT2D eigenvalue weighted by molar-refractivity contribution is 7.55. The molecule has 1 atom stereocenters. The molecular weight excluding hydrogens is 475 g/mol. The average Bonchev–Trinajstić information content (AvgIpc) is 2.84. The smallest absolute Gasteiger partial charge is 0.453 e. The topological polar surface area (TPSA) is 102 Å². The minimum Gasteiger partial charge on any atom is -1.00 e. The summed E-state index contributed by atoms with van der Waals surface area (Å²) in [6, 6.07) is 26.9. The van der Waals surface area contributed by atoms with Gasteiger partial charge in [-0.1, -0.05) is 66.7 Å². The molecule has 0 aliphatic carbocycles. The van der Waals surface area contributed by atoms with Gasteiger partial charge in [-0.15, -0.1) is 0 Å². The molecule has 0 heterocycles. The lowest BCUT2D eigenvalue weighted by Crippen LogP contribution is -3.00. The number of rotatable bonds is 12. The average molecular weight is 505 g/mol. The number of amides is 1. The van der Waals surface area contributed by atoms with E-state index in [9.17, 15) is 9.36 Å². The number of hydrogen-bond donors (Lipinski definition) is 2. The normalized spacial score (nSPS) is 11.6. The van der Waals surface area contributed by atoms with Crippen LogP contribution in [0.3, 0.4) is 0 Å². The molecule has 0 bridgehead atoms. The number of quaternary nitrogens is 1. The summed E-state index contributed by atoms with van der Waals surface area (Å²) >= 11 is 0. The van der Waals surface area contributed by atoms with E-state index in [4.69, 9.17) is 13.8 Å². The zero-order valence-electron chi connectivity index (χ0n) is 18.8. The number of benzene rings is 3. The molecule has 0 aromatic heterocycles. The Hall–Kier alpha value is -2.99. The summed E-state index contributed by atoms with van der Waals surface area (Å²) in [5.41, 5.74) is 4.71. The predicted molar refractivity (Wildman–Crippen MR) is 127 cm³/mol. The molecular formula is C25H30ClN2O5P. The number of halogens is 1. The molecule has 3 aromatic carbocycles. The Kier molecular flexibility index (Phi) is 11.5. The zero-order valence-corrected chi connectivity index (χ0v) is 20.5. The second-order valence-corrected chi connectivity index (χ2v) is 9.49. The zero-order chi connectivity index (χ0) is 23.4. The van der Waals surface area contributed by atoms with E-state index >= 15 is 0 Å². The molecule has 0 spiro atoms. The Balaban J connectivity index is 0.00000408. The van der Waals surface area contributed by atoms with Crippen LogP contribution in [0.25, 0.3) is 0 Å². The van der Waals surface area contributed by atoms with E-state index in [1.165, 1.54) is 0 Å². The number of carbonyl (C=O) groups is 1. The van der Waals surface area contributed by atoms with E-state index in [0.717, 1.165) is 18.5 Å². The van der Waals surface area contributed by atoms with Gasteiger partial charge in [0.05, 0.1) is 6.54 Å². The van der Waals surface area contributed by atoms with Crippen molar-refractivity contribution in [1.82, 2.24) is 5.32 Å². The summed E-state index contributed by atoms with van der Waals surface area (Å²) in [5, 5.41) is 2.73. The van der Waals surface area contributed by atoms with Gasteiger partial charge in [0.15, 0.2) is 5.78 Å². The van der Waals surface area contributed by atoms with E-state index in [-0.39, 0.29) is 19.0 Å². The first-order valence-electron chi connectivity index (χ1n) is 10.9. The number of ether oxygens (including phenoxy) is 1. The van der Waals surface area contributed by atoms with E-state index < -0.39 is 19.5 Å². The van der Waals surface area contributed by atoms with Gasteiger partial charge in [0.1, 0.15) is 18.1 Å².